The molecule has 3 rings (SSSR count). The maximum absolute atomic E-state index is 13.7. The SMILES string of the molecule is CC(C)CC(=O)N1CCC(NC(=O)c2nnn(-c3cccc(F)c3)c2C(F)(F)F)CC1. The Kier molecular flexibility index (Phi) is 6.61. The number of alkyl halides is 3. The van der Waals surface area contributed by atoms with Gasteiger partial charge >= 0.3 is 6.18 Å². The molecule has 0 aliphatic carbocycles. The van der Waals surface area contributed by atoms with E-state index in [1.54, 1.807) is 4.90 Å². The van der Waals surface area contributed by atoms with Crippen LogP contribution in [-0.4, -0.2) is 50.8 Å². The van der Waals surface area contributed by atoms with Gasteiger partial charge in [-0.15, -0.1) is 5.10 Å². The average Bonchev–Trinajstić information content (AvgIpc) is 3.14. The molecule has 0 spiro atoms. The summed E-state index contributed by atoms with van der Waals surface area (Å²) < 4.78 is 55.0. The molecule has 0 atom stereocenters. The van der Waals surface area contributed by atoms with Gasteiger partial charge in [0.2, 0.25) is 5.91 Å². The molecule has 0 unspecified atom stereocenters. The van der Waals surface area contributed by atoms with Crippen molar-refractivity contribution in [3.63, 3.8) is 0 Å². The molecule has 2 amide bonds. The first-order valence-corrected chi connectivity index (χ1v) is 9.93. The van der Waals surface area contributed by atoms with E-state index in [4.69, 9.17) is 0 Å². The molecule has 168 valence electrons. The number of aromatic nitrogens is 3. The minimum Gasteiger partial charge on any atom is -0.348 e. The Labute approximate surface area is 176 Å². The summed E-state index contributed by atoms with van der Waals surface area (Å²) in [5.41, 5.74) is -2.45. The monoisotopic (exact) mass is 441 g/mol. The zero-order valence-electron chi connectivity index (χ0n) is 17.1. The molecule has 2 aromatic rings. The Bertz CT molecular complexity index is 949. The minimum absolute atomic E-state index is 0.0252. The van der Waals surface area contributed by atoms with E-state index in [-0.39, 0.29) is 17.5 Å². The van der Waals surface area contributed by atoms with Crippen LogP contribution >= 0.6 is 0 Å². The summed E-state index contributed by atoms with van der Waals surface area (Å²) in [5, 5.41) is 9.42. The molecule has 2 heterocycles. The molecule has 0 bridgehead atoms. The van der Waals surface area contributed by atoms with Crippen LogP contribution in [0.25, 0.3) is 5.69 Å². The van der Waals surface area contributed by atoms with Crippen molar-refractivity contribution in [2.24, 2.45) is 5.92 Å². The number of hydrogen-bond acceptors (Lipinski definition) is 4. The number of piperidine rings is 1. The van der Waals surface area contributed by atoms with Crippen LogP contribution in [-0.2, 0) is 11.0 Å². The molecule has 1 aromatic heterocycles. The highest BCUT2D eigenvalue weighted by atomic mass is 19.4. The molecule has 31 heavy (non-hydrogen) atoms. The third kappa shape index (κ3) is 5.39. The summed E-state index contributed by atoms with van der Waals surface area (Å²) in [7, 11) is 0. The largest absolute Gasteiger partial charge is 0.435 e. The number of benzene rings is 1. The number of amides is 2. The van der Waals surface area contributed by atoms with Gasteiger partial charge in [-0.2, -0.15) is 13.2 Å². The van der Waals surface area contributed by atoms with E-state index >= 15 is 0 Å². The molecular formula is C20H23F4N5O2. The van der Waals surface area contributed by atoms with Gasteiger partial charge in [-0.05, 0) is 37.0 Å². The zero-order valence-corrected chi connectivity index (χ0v) is 17.1. The Morgan fingerprint density at radius 2 is 1.90 bits per heavy atom. The van der Waals surface area contributed by atoms with E-state index in [9.17, 15) is 27.2 Å². The zero-order chi connectivity index (χ0) is 22.8. The molecule has 1 N–H and O–H groups in total. The molecule has 1 fully saturated rings. The standard InChI is InChI=1S/C20H23F4N5O2/c1-12(2)10-16(30)28-8-6-14(7-9-28)25-19(31)17-18(20(22,23)24)29(27-26-17)15-5-3-4-13(21)11-15/h3-5,11-12,14H,6-10H2,1-2H3,(H,25,31). The second-order valence-electron chi connectivity index (χ2n) is 7.90. The average molecular weight is 441 g/mol. The predicted octanol–water partition coefficient (Wildman–Crippen LogP) is 3.19. The van der Waals surface area contributed by atoms with E-state index in [1.807, 2.05) is 13.8 Å². The number of carbonyl (C=O) groups excluding carboxylic acids is 2. The maximum atomic E-state index is 13.7. The van der Waals surface area contributed by atoms with Gasteiger partial charge < -0.3 is 10.2 Å². The smallest absolute Gasteiger partial charge is 0.348 e. The van der Waals surface area contributed by atoms with Crippen LogP contribution < -0.4 is 5.32 Å². The lowest BCUT2D eigenvalue weighted by Gasteiger charge is -2.32. The molecule has 11 heteroatoms. The molecule has 1 aliphatic heterocycles. The van der Waals surface area contributed by atoms with Gasteiger partial charge in [0, 0.05) is 25.6 Å². The lowest BCUT2D eigenvalue weighted by Crippen LogP contribution is -2.47. The van der Waals surface area contributed by atoms with Crippen molar-refractivity contribution in [3.05, 3.63) is 41.5 Å². The summed E-state index contributed by atoms with van der Waals surface area (Å²) in [6.45, 7) is 4.72. The first kappa shape index (κ1) is 22.7. The number of carbonyl (C=O) groups is 2. The van der Waals surface area contributed by atoms with Crippen molar-refractivity contribution in [2.75, 3.05) is 13.1 Å². The van der Waals surface area contributed by atoms with E-state index < -0.39 is 35.3 Å². The third-order valence-corrected chi connectivity index (χ3v) is 4.97. The van der Waals surface area contributed by atoms with Crippen molar-refractivity contribution in [2.45, 2.75) is 45.3 Å². The van der Waals surface area contributed by atoms with Crippen molar-refractivity contribution in [1.29, 1.82) is 0 Å². The van der Waals surface area contributed by atoms with Gasteiger partial charge in [-0.3, -0.25) is 9.59 Å². The molecule has 1 aromatic carbocycles. The molecular weight excluding hydrogens is 418 g/mol. The fraction of sp³-hybridized carbons (Fsp3) is 0.500. The molecule has 0 saturated carbocycles. The van der Waals surface area contributed by atoms with Crippen LogP contribution in [0.3, 0.4) is 0 Å². The summed E-state index contributed by atoms with van der Waals surface area (Å²) >= 11 is 0. The Hall–Kier alpha value is -2.98. The normalized spacial score (nSPS) is 15.4. The highest BCUT2D eigenvalue weighted by Gasteiger charge is 2.42. The Balaban J connectivity index is 1.74. The molecule has 1 saturated heterocycles. The van der Waals surface area contributed by atoms with E-state index in [1.165, 1.54) is 12.1 Å². The van der Waals surface area contributed by atoms with Crippen LogP contribution in [0.4, 0.5) is 17.6 Å². The molecule has 1 aliphatic rings. The number of hydrogen-bond donors (Lipinski definition) is 1. The lowest BCUT2D eigenvalue weighted by molar-refractivity contribution is -0.143. The van der Waals surface area contributed by atoms with Crippen molar-refractivity contribution < 1.29 is 27.2 Å². The first-order chi connectivity index (χ1) is 14.6. The summed E-state index contributed by atoms with van der Waals surface area (Å²) in [5.74, 6) is -1.50. The summed E-state index contributed by atoms with van der Waals surface area (Å²) in [4.78, 5) is 26.4. The maximum Gasteiger partial charge on any atom is 0.435 e. The van der Waals surface area contributed by atoms with E-state index in [0.29, 0.717) is 37.0 Å². The fourth-order valence-electron chi connectivity index (χ4n) is 3.48. The summed E-state index contributed by atoms with van der Waals surface area (Å²) in [6.07, 6.45) is -3.66. The van der Waals surface area contributed by atoms with Crippen LogP contribution in [0, 0.1) is 11.7 Å². The Morgan fingerprint density at radius 1 is 1.23 bits per heavy atom. The number of nitrogens with one attached hydrogen (secondary N) is 1. The highest BCUT2D eigenvalue weighted by Crippen LogP contribution is 2.33. The Morgan fingerprint density at radius 3 is 2.48 bits per heavy atom. The van der Waals surface area contributed by atoms with Gasteiger partial charge in [0.15, 0.2) is 11.4 Å². The van der Waals surface area contributed by atoms with Gasteiger partial charge in [-0.25, -0.2) is 9.07 Å². The van der Waals surface area contributed by atoms with Crippen LogP contribution in [0.15, 0.2) is 24.3 Å². The van der Waals surface area contributed by atoms with Crippen molar-refractivity contribution in [1.82, 2.24) is 25.2 Å². The molecule has 7 nitrogen and oxygen atoms in total. The third-order valence-electron chi connectivity index (χ3n) is 4.97. The fourth-order valence-corrected chi connectivity index (χ4v) is 3.48. The van der Waals surface area contributed by atoms with E-state index in [0.717, 1.165) is 12.1 Å². The number of nitrogens with zero attached hydrogens (tertiary/aromatic N) is 4. The van der Waals surface area contributed by atoms with Crippen LogP contribution in [0.1, 0.15) is 49.3 Å². The highest BCUT2D eigenvalue weighted by molar-refractivity contribution is 5.93. The van der Waals surface area contributed by atoms with Gasteiger partial charge in [0.1, 0.15) is 5.82 Å². The van der Waals surface area contributed by atoms with Crippen molar-refractivity contribution in [3.8, 4) is 5.69 Å². The minimum atomic E-state index is -4.94. The van der Waals surface area contributed by atoms with Gasteiger partial charge in [0.25, 0.3) is 5.91 Å². The number of halogens is 4. The topological polar surface area (TPSA) is 80.1 Å². The first-order valence-electron chi connectivity index (χ1n) is 9.93. The lowest BCUT2D eigenvalue weighted by atomic mass is 10.0. The van der Waals surface area contributed by atoms with E-state index in [2.05, 4.69) is 15.6 Å². The van der Waals surface area contributed by atoms with Gasteiger partial charge in [-0.1, -0.05) is 25.1 Å². The predicted molar refractivity (Wildman–Crippen MR) is 103 cm³/mol. The van der Waals surface area contributed by atoms with Gasteiger partial charge in [0.05, 0.1) is 5.69 Å². The number of rotatable bonds is 5. The quantitative estimate of drug-likeness (QED) is 0.723. The van der Waals surface area contributed by atoms with Crippen LogP contribution in [0.5, 0.6) is 0 Å². The van der Waals surface area contributed by atoms with Crippen LogP contribution in [0.2, 0.25) is 0 Å². The summed E-state index contributed by atoms with van der Waals surface area (Å²) in [6, 6.07) is 4.03. The second-order valence-corrected chi connectivity index (χ2v) is 7.90. The molecule has 0 radical (unpaired) electrons. The second kappa shape index (κ2) is 9.03. The number of likely N-dealkylation sites (tertiary alicyclic amines) is 1. The van der Waals surface area contributed by atoms with Crippen molar-refractivity contribution >= 4 is 11.8 Å².